The van der Waals surface area contributed by atoms with Crippen molar-refractivity contribution in [1.82, 2.24) is 14.5 Å². The van der Waals surface area contributed by atoms with Gasteiger partial charge in [-0.15, -0.1) is 54.1 Å². The van der Waals surface area contributed by atoms with Crippen molar-refractivity contribution in [2.45, 2.75) is 19.4 Å². The Kier molecular flexibility index (Phi) is 6.71. The first-order valence-electron chi connectivity index (χ1n) is 13.0. The largest absolute Gasteiger partial charge is 0.501 e. The molecule has 0 N–H and O–H groups in total. The van der Waals surface area contributed by atoms with Crippen LogP contribution in [-0.2, 0) is 25.6 Å². The van der Waals surface area contributed by atoms with Crippen molar-refractivity contribution in [3.63, 3.8) is 0 Å². The molecule has 0 fully saturated rings. The van der Waals surface area contributed by atoms with Gasteiger partial charge in [-0.3, -0.25) is 4.98 Å². The Morgan fingerprint density at radius 1 is 0.800 bits per heavy atom. The van der Waals surface area contributed by atoms with Crippen LogP contribution in [0.4, 0.5) is 0 Å². The van der Waals surface area contributed by atoms with E-state index in [4.69, 9.17) is 9.40 Å². The molecule has 40 heavy (non-hydrogen) atoms. The first-order valence-corrected chi connectivity index (χ1v) is 13.0. The topological polar surface area (TPSA) is 43.9 Å². The van der Waals surface area contributed by atoms with E-state index in [-0.39, 0.29) is 25.6 Å². The van der Waals surface area contributed by atoms with Gasteiger partial charge in [0.25, 0.3) is 0 Å². The summed E-state index contributed by atoms with van der Waals surface area (Å²) < 4.78 is 8.29. The van der Waals surface area contributed by atoms with Crippen LogP contribution in [0.5, 0.6) is 0 Å². The number of para-hydroxylation sites is 2. The summed E-state index contributed by atoms with van der Waals surface area (Å²) in [4.78, 5) is 9.22. The fraction of sp³-hybridized carbons (Fsp3) is 0.0857. The van der Waals surface area contributed by atoms with Gasteiger partial charge in [0.05, 0.1) is 28.0 Å². The molecule has 1 aliphatic heterocycles. The van der Waals surface area contributed by atoms with E-state index in [9.17, 15) is 0 Å². The fourth-order valence-electron chi connectivity index (χ4n) is 5.32. The smallest absolute Gasteiger partial charge is 0.120 e. The number of nitrogens with zero attached hydrogens (tertiary/aromatic N) is 3. The summed E-state index contributed by atoms with van der Waals surface area (Å²) in [5, 5.41) is 2.23. The molecule has 3 aromatic heterocycles. The summed E-state index contributed by atoms with van der Waals surface area (Å²) in [5.41, 5.74) is 7.99. The first-order chi connectivity index (χ1) is 19.1. The second kappa shape index (κ2) is 10.3. The van der Waals surface area contributed by atoms with Gasteiger partial charge in [0, 0.05) is 31.7 Å². The number of imidazole rings is 1. The van der Waals surface area contributed by atoms with Crippen LogP contribution >= 0.6 is 0 Å². The molecule has 1 radical (unpaired) electrons. The van der Waals surface area contributed by atoms with Gasteiger partial charge in [-0.1, -0.05) is 65.6 Å². The average Bonchev–Trinajstić information content (AvgIpc) is 3.57. The Morgan fingerprint density at radius 2 is 1.65 bits per heavy atom. The normalized spacial score (nSPS) is 13.2. The van der Waals surface area contributed by atoms with Crippen molar-refractivity contribution in [2.75, 3.05) is 0 Å². The Hall–Kier alpha value is -4.31. The summed E-state index contributed by atoms with van der Waals surface area (Å²) in [6.07, 6.45) is 6.22. The fourth-order valence-corrected chi connectivity index (χ4v) is 5.32. The number of pyridine rings is 1. The maximum Gasteiger partial charge on any atom is 0.120 e. The molecular formula is C35H25IrN3O-2. The van der Waals surface area contributed by atoms with Gasteiger partial charge in [-0.2, -0.15) is 0 Å². The van der Waals surface area contributed by atoms with Crippen molar-refractivity contribution in [3.8, 4) is 22.6 Å². The second-order valence-corrected chi connectivity index (χ2v) is 10.2. The van der Waals surface area contributed by atoms with Gasteiger partial charge < -0.3 is 14.0 Å². The molecule has 4 aromatic carbocycles. The molecule has 0 atom stereocenters. The first kappa shape index (κ1) is 25.9. The van der Waals surface area contributed by atoms with Gasteiger partial charge in [-0.25, -0.2) is 0 Å². The van der Waals surface area contributed by atoms with E-state index in [1.807, 2.05) is 66.7 Å². The van der Waals surface area contributed by atoms with Crippen LogP contribution in [0.1, 0.15) is 19.4 Å². The standard InChI is InChI=1S/C18H15N2.C17H10NO.Ir/c1-18(2)12-11-13-9-6-10-15-16(13)20(18)17(19-15)14-7-4-3-5-8-14;1-2-10-16-12(6-1)13-7-5-8-14(17(13)19-16)15-9-3-4-11-18-15;/h3-7,9-12H,1-2H3;1-7,9-11H;/q2*-1;. The maximum absolute atomic E-state index is 5.97. The molecule has 1 aliphatic rings. The zero-order chi connectivity index (χ0) is 26.4. The van der Waals surface area contributed by atoms with Crippen molar-refractivity contribution >= 4 is 39.0 Å². The summed E-state index contributed by atoms with van der Waals surface area (Å²) in [5.74, 6) is 0.988. The number of aromatic nitrogens is 3. The molecule has 0 unspecified atom stereocenters. The molecule has 5 heteroatoms. The van der Waals surface area contributed by atoms with Crippen LogP contribution in [0.15, 0.2) is 114 Å². The van der Waals surface area contributed by atoms with E-state index in [2.05, 4.69) is 78.0 Å². The van der Waals surface area contributed by atoms with Crippen LogP contribution in [0, 0.1) is 12.1 Å². The van der Waals surface area contributed by atoms with E-state index >= 15 is 0 Å². The summed E-state index contributed by atoms with van der Waals surface area (Å²) >= 11 is 0. The number of benzene rings is 4. The third kappa shape index (κ3) is 4.38. The average molecular weight is 696 g/mol. The number of rotatable bonds is 2. The quantitative estimate of drug-likeness (QED) is 0.170. The Balaban J connectivity index is 0.000000141. The van der Waals surface area contributed by atoms with Gasteiger partial charge >= 0.3 is 0 Å². The minimum absolute atomic E-state index is 0. The SMILES string of the molecule is CC1(C)C=Cc2cccc3nc(-c4[c-]cccc4)n1c23.[Ir].[c-]1ccc2c(oc3ccccc32)c1-c1ccccn1. The molecule has 8 rings (SSSR count). The van der Waals surface area contributed by atoms with Gasteiger partial charge in [0.2, 0.25) is 0 Å². The molecule has 0 spiro atoms. The van der Waals surface area contributed by atoms with Crippen molar-refractivity contribution < 1.29 is 24.5 Å². The summed E-state index contributed by atoms with van der Waals surface area (Å²) in [6, 6.07) is 38.7. The Morgan fingerprint density at radius 3 is 2.48 bits per heavy atom. The number of hydrogen-bond acceptors (Lipinski definition) is 3. The Bertz CT molecular complexity index is 1990. The molecule has 0 saturated carbocycles. The number of allylic oxidation sites excluding steroid dienone is 1. The second-order valence-electron chi connectivity index (χ2n) is 10.2. The van der Waals surface area contributed by atoms with E-state index in [0.29, 0.717) is 0 Å². The molecule has 197 valence electrons. The van der Waals surface area contributed by atoms with Crippen LogP contribution in [0.3, 0.4) is 0 Å². The van der Waals surface area contributed by atoms with E-state index in [0.717, 1.165) is 50.1 Å². The van der Waals surface area contributed by atoms with E-state index < -0.39 is 0 Å². The third-order valence-corrected chi connectivity index (χ3v) is 7.16. The molecule has 7 aromatic rings. The molecule has 4 heterocycles. The zero-order valence-electron chi connectivity index (χ0n) is 22.1. The molecule has 0 amide bonds. The van der Waals surface area contributed by atoms with Gasteiger partial charge in [0.1, 0.15) is 5.58 Å². The maximum atomic E-state index is 5.97. The Labute approximate surface area is 246 Å². The summed E-state index contributed by atoms with van der Waals surface area (Å²) in [6.45, 7) is 4.43. The monoisotopic (exact) mass is 696 g/mol. The minimum atomic E-state index is -0.0812. The van der Waals surface area contributed by atoms with Crippen LogP contribution in [-0.4, -0.2) is 14.5 Å². The van der Waals surface area contributed by atoms with Crippen LogP contribution in [0.2, 0.25) is 0 Å². The predicted molar refractivity (Wildman–Crippen MR) is 158 cm³/mol. The number of hydrogen-bond donors (Lipinski definition) is 0. The summed E-state index contributed by atoms with van der Waals surface area (Å²) in [7, 11) is 0. The zero-order valence-corrected chi connectivity index (χ0v) is 24.4. The van der Waals surface area contributed by atoms with Crippen LogP contribution in [0.25, 0.3) is 61.7 Å². The molecule has 4 nitrogen and oxygen atoms in total. The molecule has 0 saturated heterocycles. The molecule has 0 aliphatic carbocycles. The van der Waals surface area contributed by atoms with Crippen molar-refractivity contribution in [2.24, 2.45) is 0 Å². The van der Waals surface area contributed by atoms with E-state index in [1.54, 1.807) is 6.20 Å². The molecule has 0 bridgehead atoms. The number of fused-ring (bicyclic) bond motifs is 3. The van der Waals surface area contributed by atoms with Crippen molar-refractivity contribution in [1.29, 1.82) is 0 Å². The predicted octanol–water partition coefficient (Wildman–Crippen LogP) is 8.71. The molecular weight excluding hydrogens is 671 g/mol. The van der Waals surface area contributed by atoms with E-state index in [1.165, 1.54) is 11.1 Å². The third-order valence-electron chi connectivity index (χ3n) is 7.16. The van der Waals surface area contributed by atoms with Gasteiger partial charge in [-0.05, 0) is 43.3 Å². The van der Waals surface area contributed by atoms with Crippen molar-refractivity contribution in [3.05, 3.63) is 127 Å². The van der Waals surface area contributed by atoms with Crippen LogP contribution < -0.4 is 0 Å². The van der Waals surface area contributed by atoms with Gasteiger partial charge in [0.15, 0.2) is 0 Å². The number of furan rings is 1. The minimum Gasteiger partial charge on any atom is -0.501 e.